The SMILES string of the molecule is O=C(O)c1[nH]cnc1C(=O)c1ccc(F)c2ccccc12. The van der Waals surface area contributed by atoms with E-state index in [0.29, 0.717) is 10.8 Å². The molecule has 0 amide bonds. The van der Waals surface area contributed by atoms with Gasteiger partial charge in [-0.15, -0.1) is 0 Å². The third-order valence-corrected chi connectivity index (χ3v) is 3.18. The second-order valence-electron chi connectivity index (χ2n) is 4.40. The summed E-state index contributed by atoms with van der Waals surface area (Å²) in [5.41, 5.74) is -0.269. The molecule has 1 aromatic heterocycles. The predicted molar refractivity (Wildman–Crippen MR) is 72.9 cm³/mol. The fourth-order valence-corrected chi connectivity index (χ4v) is 2.22. The Morgan fingerprint density at radius 2 is 1.81 bits per heavy atom. The molecule has 3 rings (SSSR count). The van der Waals surface area contributed by atoms with Gasteiger partial charge in [0.25, 0.3) is 0 Å². The van der Waals surface area contributed by atoms with Gasteiger partial charge in [-0.2, -0.15) is 0 Å². The molecule has 0 aliphatic rings. The summed E-state index contributed by atoms with van der Waals surface area (Å²) in [4.78, 5) is 29.7. The molecule has 3 aromatic rings. The van der Waals surface area contributed by atoms with Crippen LogP contribution in [-0.4, -0.2) is 26.8 Å². The lowest BCUT2D eigenvalue weighted by molar-refractivity contribution is 0.0687. The average molecular weight is 284 g/mol. The van der Waals surface area contributed by atoms with Crippen LogP contribution in [0.1, 0.15) is 26.5 Å². The molecule has 0 saturated heterocycles. The number of carboxylic acids is 1. The summed E-state index contributed by atoms with van der Waals surface area (Å²) in [6.07, 6.45) is 1.14. The Morgan fingerprint density at radius 1 is 1.10 bits per heavy atom. The molecule has 0 bridgehead atoms. The number of aromatic amines is 1. The fraction of sp³-hybridized carbons (Fsp3) is 0. The average Bonchev–Trinajstić information content (AvgIpc) is 2.97. The number of benzene rings is 2. The van der Waals surface area contributed by atoms with Crippen molar-refractivity contribution in [2.75, 3.05) is 0 Å². The molecule has 6 heteroatoms. The maximum atomic E-state index is 13.8. The van der Waals surface area contributed by atoms with Crippen LogP contribution in [0.25, 0.3) is 10.8 Å². The fourth-order valence-electron chi connectivity index (χ4n) is 2.22. The molecule has 1 heterocycles. The van der Waals surface area contributed by atoms with Gasteiger partial charge in [0.1, 0.15) is 11.5 Å². The van der Waals surface area contributed by atoms with Crippen molar-refractivity contribution in [1.82, 2.24) is 9.97 Å². The molecule has 0 unspecified atom stereocenters. The van der Waals surface area contributed by atoms with E-state index >= 15 is 0 Å². The summed E-state index contributed by atoms with van der Waals surface area (Å²) in [5, 5.41) is 9.74. The molecular weight excluding hydrogens is 275 g/mol. The first-order chi connectivity index (χ1) is 10.1. The van der Waals surface area contributed by atoms with Gasteiger partial charge < -0.3 is 10.1 Å². The Labute approximate surface area is 118 Å². The molecule has 0 fully saturated rings. The molecule has 0 aliphatic carbocycles. The molecule has 0 spiro atoms. The van der Waals surface area contributed by atoms with E-state index in [4.69, 9.17) is 5.11 Å². The second kappa shape index (κ2) is 4.82. The summed E-state index contributed by atoms with van der Waals surface area (Å²) >= 11 is 0. The number of halogens is 1. The molecule has 104 valence electrons. The zero-order valence-electron chi connectivity index (χ0n) is 10.6. The van der Waals surface area contributed by atoms with Crippen molar-refractivity contribution in [2.24, 2.45) is 0 Å². The number of H-pyrrole nitrogens is 1. The number of aromatic carboxylic acids is 1. The lowest BCUT2D eigenvalue weighted by Crippen LogP contribution is -2.10. The highest BCUT2D eigenvalue weighted by atomic mass is 19.1. The van der Waals surface area contributed by atoms with Gasteiger partial charge in [-0.1, -0.05) is 24.3 Å². The Balaban J connectivity index is 2.21. The molecule has 2 N–H and O–H groups in total. The smallest absolute Gasteiger partial charge is 0.354 e. The minimum Gasteiger partial charge on any atom is -0.477 e. The van der Waals surface area contributed by atoms with Crippen molar-refractivity contribution in [2.45, 2.75) is 0 Å². The Kier molecular flexibility index (Phi) is 2.98. The zero-order valence-corrected chi connectivity index (χ0v) is 10.6. The van der Waals surface area contributed by atoms with Gasteiger partial charge in [0.05, 0.1) is 6.33 Å². The van der Waals surface area contributed by atoms with E-state index < -0.39 is 17.6 Å². The van der Waals surface area contributed by atoms with Gasteiger partial charge in [0.2, 0.25) is 5.78 Å². The van der Waals surface area contributed by atoms with E-state index in [1.807, 2.05) is 0 Å². The van der Waals surface area contributed by atoms with Crippen LogP contribution in [0.3, 0.4) is 0 Å². The van der Waals surface area contributed by atoms with E-state index in [1.54, 1.807) is 24.3 Å². The Morgan fingerprint density at radius 3 is 2.52 bits per heavy atom. The maximum absolute atomic E-state index is 13.8. The van der Waals surface area contributed by atoms with Gasteiger partial charge in [-0.25, -0.2) is 14.2 Å². The van der Waals surface area contributed by atoms with Crippen LogP contribution in [0.15, 0.2) is 42.7 Å². The third kappa shape index (κ3) is 2.06. The van der Waals surface area contributed by atoms with Gasteiger partial charge in [-0.3, -0.25) is 4.79 Å². The Hall–Kier alpha value is -3.02. The molecular formula is C15H9FN2O3. The number of hydrogen-bond donors (Lipinski definition) is 2. The molecule has 0 aliphatic heterocycles. The number of carbonyl (C=O) groups is 2. The molecule has 0 saturated carbocycles. The standard InChI is InChI=1S/C15H9FN2O3/c16-11-6-5-10(8-3-1-2-4-9(8)11)14(19)12-13(15(20)21)18-7-17-12/h1-7H,(H,17,18)(H,20,21). The highest BCUT2D eigenvalue weighted by Crippen LogP contribution is 2.24. The number of aromatic nitrogens is 2. The van der Waals surface area contributed by atoms with Crippen molar-refractivity contribution in [3.8, 4) is 0 Å². The van der Waals surface area contributed by atoms with Crippen LogP contribution < -0.4 is 0 Å². The highest BCUT2D eigenvalue weighted by molar-refractivity contribution is 6.18. The monoisotopic (exact) mass is 284 g/mol. The molecule has 2 aromatic carbocycles. The van der Waals surface area contributed by atoms with E-state index in [-0.39, 0.29) is 17.0 Å². The first-order valence-corrected chi connectivity index (χ1v) is 6.08. The van der Waals surface area contributed by atoms with Crippen molar-refractivity contribution >= 4 is 22.5 Å². The summed E-state index contributed by atoms with van der Waals surface area (Å²) in [7, 11) is 0. The number of rotatable bonds is 3. The van der Waals surface area contributed by atoms with Crippen molar-refractivity contribution in [1.29, 1.82) is 0 Å². The number of fused-ring (bicyclic) bond motifs is 1. The second-order valence-corrected chi connectivity index (χ2v) is 4.40. The third-order valence-electron chi connectivity index (χ3n) is 3.18. The molecule has 5 nitrogen and oxygen atoms in total. The summed E-state index contributed by atoms with van der Waals surface area (Å²) < 4.78 is 13.8. The van der Waals surface area contributed by atoms with Crippen LogP contribution in [0.2, 0.25) is 0 Å². The summed E-state index contributed by atoms with van der Waals surface area (Å²) in [5.74, 6) is -2.28. The number of nitrogens with zero attached hydrogens (tertiary/aromatic N) is 1. The number of nitrogens with one attached hydrogen (secondary N) is 1. The minimum atomic E-state index is -1.28. The van der Waals surface area contributed by atoms with Crippen LogP contribution >= 0.6 is 0 Å². The molecule has 21 heavy (non-hydrogen) atoms. The van der Waals surface area contributed by atoms with Crippen molar-refractivity contribution < 1.29 is 19.1 Å². The van der Waals surface area contributed by atoms with Crippen molar-refractivity contribution in [3.63, 3.8) is 0 Å². The largest absolute Gasteiger partial charge is 0.477 e. The first kappa shape index (κ1) is 13.0. The van der Waals surface area contributed by atoms with Crippen LogP contribution in [0.5, 0.6) is 0 Å². The van der Waals surface area contributed by atoms with Gasteiger partial charge in [-0.05, 0) is 17.5 Å². The van der Waals surface area contributed by atoms with Crippen LogP contribution in [0.4, 0.5) is 4.39 Å². The van der Waals surface area contributed by atoms with Gasteiger partial charge >= 0.3 is 5.97 Å². The predicted octanol–water partition coefficient (Wildman–Crippen LogP) is 2.63. The highest BCUT2D eigenvalue weighted by Gasteiger charge is 2.22. The first-order valence-electron chi connectivity index (χ1n) is 6.08. The van der Waals surface area contributed by atoms with Gasteiger partial charge in [0.15, 0.2) is 5.69 Å². The van der Waals surface area contributed by atoms with E-state index in [9.17, 15) is 14.0 Å². The summed E-state index contributed by atoms with van der Waals surface area (Å²) in [6.45, 7) is 0. The van der Waals surface area contributed by atoms with Crippen molar-refractivity contribution in [3.05, 3.63) is 65.5 Å². The van der Waals surface area contributed by atoms with E-state index in [0.717, 1.165) is 6.33 Å². The normalized spacial score (nSPS) is 10.7. The van der Waals surface area contributed by atoms with Crippen LogP contribution in [0, 0.1) is 5.82 Å². The Bertz CT molecular complexity index is 870. The topological polar surface area (TPSA) is 83.0 Å². The lowest BCUT2D eigenvalue weighted by Gasteiger charge is -2.06. The minimum absolute atomic E-state index is 0.195. The van der Waals surface area contributed by atoms with E-state index in [2.05, 4.69) is 9.97 Å². The quantitative estimate of drug-likeness (QED) is 0.724. The van der Waals surface area contributed by atoms with E-state index in [1.165, 1.54) is 12.1 Å². The number of carboxylic acid groups (broad SMARTS) is 1. The summed E-state index contributed by atoms with van der Waals surface area (Å²) in [6, 6.07) is 9.03. The van der Waals surface area contributed by atoms with Gasteiger partial charge in [0, 0.05) is 10.9 Å². The number of carbonyl (C=O) groups excluding carboxylic acids is 1. The number of hydrogen-bond acceptors (Lipinski definition) is 3. The molecule has 0 atom stereocenters. The zero-order chi connectivity index (χ0) is 15.0. The number of ketones is 1. The molecule has 0 radical (unpaired) electrons. The van der Waals surface area contributed by atoms with Crippen LogP contribution in [-0.2, 0) is 0 Å². The maximum Gasteiger partial charge on any atom is 0.354 e. The lowest BCUT2D eigenvalue weighted by atomic mass is 9.99. The number of imidazole rings is 1.